The molecule has 3 heteroatoms. The molecule has 1 unspecified atom stereocenters. The van der Waals surface area contributed by atoms with Gasteiger partial charge in [-0.1, -0.05) is 13.8 Å². The molecule has 0 spiro atoms. The van der Waals surface area contributed by atoms with E-state index in [1.807, 2.05) is 18.7 Å². The molecule has 76 valence electrons. The fourth-order valence-corrected chi connectivity index (χ4v) is 1.22. The summed E-state index contributed by atoms with van der Waals surface area (Å²) in [6, 6.07) is 2.11. The largest absolute Gasteiger partial charge is 0.389 e. The highest BCUT2D eigenvalue weighted by Gasteiger charge is 2.20. The summed E-state index contributed by atoms with van der Waals surface area (Å²) >= 11 is 0. The van der Waals surface area contributed by atoms with E-state index in [-0.39, 0.29) is 0 Å². The Kier molecular flexibility index (Phi) is 5.68. The molecule has 1 atom stereocenters. The van der Waals surface area contributed by atoms with Crippen molar-refractivity contribution in [2.24, 2.45) is 0 Å². The molecular weight excluding hydrogens is 164 g/mol. The summed E-state index contributed by atoms with van der Waals surface area (Å²) < 4.78 is 0. The summed E-state index contributed by atoms with van der Waals surface area (Å²) in [5.41, 5.74) is -0.661. The van der Waals surface area contributed by atoms with Crippen molar-refractivity contribution in [3.05, 3.63) is 0 Å². The Morgan fingerprint density at radius 2 is 2.08 bits per heavy atom. The van der Waals surface area contributed by atoms with Crippen LogP contribution in [0, 0.1) is 11.3 Å². The molecule has 0 aromatic carbocycles. The van der Waals surface area contributed by atoms with Gasteiger partial charge in [0.1, 0.15) is 0 Å². The van der Waals surface area contributed by atoms with E-state index in [0.717, 1.165) is 19.4 Å². The zero-order chi connectivity index (χ0) is 10.3. The van der Waals surface area contributed by atoms with Gasteiger partial charge in [-0.05, 0) is 26.3 Å². The minimum absolute atomic E-state index is 0.407. The molecule has 0 saturated heterocycles. The normalized spacial score (nSPS) is 15.4. The van der Waals surface area contributed by atoms with Gasteiger partial charge in [0.2, 0.25) is 0 Å². The minimum atomic E-state index is -0.661. The highest BCUT2D eigenvalue weighted by molar-refractivity contribution is 4.82. The summed E-state index contributed by atoms with van der Waals surface area (Å²) in [5.74, 6) is 0. The predicted molar refractivity (Wildman–Crippen MR) is 53.3 cm³/mol. The SMILES string of the molecule is CCCN(CC#N)CC(C)(O)CC. The standard InChI is InChI=1S/C10H20N2O/c1-4-7-12(8-6-11)9-10(3,13)5-2/h13H,4-5,7-9H2,1-3H3. The fraction of sp³-hybridized carbons (Fsp3) is 0.900. The van der Waals surface area contributed by atoms with E-state index >= 15 is 0 Å². The van der Waals surface area contributed by atoms with Gasteiger partial charge in [0, 0.05) is 6.54 Å². The summed E-state index contributed by atoms with van der Waals surface area (Å²) in [6.45, 7) is 7.72. The van der Waals surface area contributed by atoms with E-state index in [1.165, 1.54) is 0 Å². The van der Waals surface area contributed by atoms with Crippen molar-refractivity contribution >= 4 is 0 Å². The second-order valence-corrected chi connectivity index (χ2v) is 3.72. The van der Waals surface area contributed by atoms with Crippen LogP contribution in [0.15, 0.2) is 0 Å². The molecule has 0 aliphatic carbocycles. The quantitative estimate of drug-likeness (QED) is 0.634. The van der Waals surface area contributed by atoms with Crippen LogP contribution in [0.25, 0.3) is 0 Å². The molecule has 0 saturated carbocycles. The van der Waals surface area contributed by atoms with Crippen molar-refractivity contribution in [2.45, 2.75) is 39.2 Å². The average Bonchev–Trinajstić information content (AvgIpc) is 2.05. The van der Waals surface area contributed by atoms with Gasteiger partial charge in [-0.15, -0.1) is 0 Å². The Balaban J connectivity index is 4.01. The smallest absolute Gasteiger partial charge is 0.0866 e. The zero-order valence-corrected chi connectivity index (χ0v) is 8.88. The first-order valence-electron chi connectivity index (χ1n) is 4.87. The number of nitriles is 1. The Hall–Kier alpha value is -0.590. The lowest BCUT2D eigenvalue weighted by molar-refractivity contribution is 0.0201. The summed E-state index contributed by atoms with van der Waals surface area (Å²) in [7, 11) is 0. The first-order chi connectivity index (χ1) is 6.05. The number of rotatable bonds is 6. The lowest BCUT2D eigenvalue weighted by atomic mass is 10.0. The second-order valence-electron chi connectivity index (χ2n) is 3.72. The number of nitrogens with zero attached hydrogens (tertiary/aromatic N) is 2. The van der Waals surface area contributed by atoms with Gasteiger partial charge in [0.15, 0.2) is 0 Å². The van der Waals surface area contributed by atoms with E-state index in [9.17, 15) is 5.11 Å². The second kappa shape index (κ2) is 5.95. The van der Waals surface area contributed by atoms with E-state index in [1.54, 1.807) is 0 Å². The highest BCUT2D eigenvalue weighted by Crippen LogP contribution is 2.10. The summed E-state index contributed by atoms with van der Waals surface area (Å²) in [4.78, 5) is 1.99. The van der Waals surface area contributed by atoms with Crippen LogP contribution in [-0.2, 0) is 0 Å². The van der Waals surface area contributed by atoms with Crippen LogP contribution in [0.5, 0.6) is 0 Å². The monoisotopic (exact) mass is 184 g/mol. The maximum atomic E-state index is 9.80. The summed E-state index contributed by atoms with van der Waals surface area (Å²) in [6.07, 6.45) is 1.74. The molecule has 0 aliphatic rings. The van der Waals surface area contributed by atoms with Crippen LogP contribution in [0.2, 0.25) is 0 Å². The summed E-state index contributed by atoms with van der Waals surface area (Å²) in [5, 5.41) is 18.4. The van der Waals surface area contributed by atoms with Crippen molar-refractivity contribution in [1.82, 2.24) is 4.90 Å². The molecule has 13 heavy (non-hydrogen) atoms. The molecule has 0 aliphatic heterocycles. The van der Waals surface area contributed by atoms with Crippen molar-refractivity contribution in [3.8, 4) is 6.07 Å². The Bertz CT molecular complexity index is 172. The molecular formula is C10H20N2O. The van der Waals surface area contributed by atoms with E-state index in [2.05, 4.69) is 13.0 Å². The molecule has 0 bridgehead atoms. The Morgan fingerprint density at radius 1 is 1.46 bits per heavy atom. The predicted octanol–water partition coefficient (Wildman–Crippen LogP) is 1.38. The number of hydrogen-bond donors (Lipinski definition) is 1. The molecule has 0 aromatic heterocycles. The fourth-order valence-electron chi connectivity index (χ4n) is 1.22. The van der Waals surface area contributed by atoms with Gasteiger partial charge in [-0.25, -0.2) is 0 Å². The van der Waals surface area contributed by atoms with Gasteiger partial charge in [0.05, 0.1) is 18.2 Å². The van der Waals surface area contributed by atoms with Crippen LogP contribution in [0.4, 0.5) is 0 Å². The van der Waals surface area contributed by atoms with E-state index < -0.39 is 5.60 Å². The molecule has 0 aromatic rings. The third kappa shape index (κ3) is 5.62. The van der Waals surface area contributed by atoms with Crippen LogP contribution >= 0.6 is 0 Å². The highest BCUT2D eigenvalue weighted by atomic mass is 16.3. The minimum Gasteiger partial charge on any atom is -0.389 e. The average molecular weight is 184 g/mol. The molecule has 3 nitrogen and oxygen atoms in total. The third-order valence-corrected chi connectivity index (χ3v) is 2.16. The first-order valence-corrected chi connectivity index (χ1v) is 4.87. The van der Waals surface area contributed by atoms with E-state index in [0.29, 0.717) is 13.1 Å². The lowest BCUT2D eigenvalue weighted by Crippen LogP contribution is -2.40. The maximum absolute atomic E-state index is 9.80. The van der Waals surface area contributed by atoms with Gasteiger partial charge < -0.3 is 5.11 Å². The third-order valence-electron chi connectivity index (χ3n) is 2.16. The van der Waals surface area contributed by atoms with Crippen molar-refractivity contribution in [2.75, 3.05) is 19.6 Å². The van der Waals surface area contributed by atoms with Crippen LogP contribution in [-0.4, -0.2) is 35.2 Å². The van der Waals surface area contributed by atoms with Crippen molar-refractivity contribution in [3.63, 3.8) is 0 Å². The van der Waals surface area contributed by atoms with Crippen LogP contribution < -0.4 is 0 Å². The topological polar surface area (TPSA) is 47.3 Å². The number of hydrogen-bond acceptors (Lipinski definition) is 3. The van der Waals surface area contributed by atoms with Crippen LogP contribution in [0.3, 0.4) is 0 Å². The molecule has 0 heterocycles. The molecule has 0 rings (SSSR count). The van der Waals surface area contributed by atoms with E-state index in [4.69, 9.17) is 5.26 Å². The van der Waals surface area contributed by atoms with Gasteiger partial charge in [-0.2, -0.15) is 5.26 Å². The lowest BCUT2D eigenvalue weighted by Gasteiger charge is -2.28. The Morgan fingerprint density at radius 3 is 2.46 bits per heavy atom. The van der Waals surface area contributed by atoms with Gasteiger partial charge >= 0.3 is 0 Å². The Labute approximate surface area is 81.0 Å². The molecule has 0 fully saturated rings. The van der Waals surface area contributed by atoms with Gasteiger partial charge in [-0.3, -0.25) is 4.90 Å². The van der Waals surface area contributed by atoms with Crippen molar-refractivity contribution < 1.29 is 5.11 Å². The molecule has 0 amide bonds. The first kappa shape index (κ1) is 12.4. The maximum Gasteiger partial charge on any atom is 0.0866 e. The van der Waals surface area contributed by atoms with Gasteiger partial charge in [0.25, 0.3) is 0 Å². The van der Waals surface area contributed by atoms with Crippen LogP contribution in [0.1, 0.15) is 33.6 Å². The van der Waals surface area contributed by atoms with Crippen molar-refractivity contribution in [1.29, 1.82) is 5.26 Å². The molecule has 0 radical (unpaired) electrons. The number of aliphatic hydroxyl groups is 1. The zero-order valence-electron chi connectivity index (χ0n) is 8.88. The molecule has 1 N–H and O–H groups in total.